The van der Waals surface area contributed by atoms with E-state index in [1.165, 1.54) is 12.1 Å². The van der Waals surface area contributed by atoms with Gasteiger partial charge in [0.15, 0.2) is 11.8 Å². The summed E-state index contributed by atoms with van der Waals surface area (Å²) < 4.78 is 19.9. The van der Waals surface area contributed by atoms with Crippen molar-refractivity contribution in [3.8, 4) is 0 Å². The number of aliphatic imine (C=N–C) groups is 1. The Morgan fingerprint density at radius 1 is 1.21 bits per heavy atom. The summed E-state index contributed by atoms with van der Waals surface area (Å²) >= 11 is 1.71. The van der Waals surface area contributed by atoms with Gasteiger partial charge in [-0.05, 0) is 43.4 Å². The second-order valence-corrected chi connectivity index (χ2v) is 7.06. The van der Waals surface area contributed by atoms with E-state index in [0.717, 1.165) is 41.2 Å². The highest BCUT2D eigenvalue weighted by molar-refractivity contribution is 14.0. The van der Waals surface area contributed by atoms with Gasteiger partial charge in [-0.15, -0.1) is 45.9 Å². The Morgan fingerprint density at radius 3 is 2.57 bits per heavy atom. The lowest BCUT2D eigenvalue weighted by molar-refractivity contribution is 0.203. The number of methoxy groups -OCH3 is 1. The van der Waals surface area contributed by atoms with E-state index in [1.54, 1.807) is 31.0 Å². The van der Waals surface area contributed by atoms with Crippen LogP contribution in [0.3, 0.4) is 0 Å². The van der Waals surface area contributed by atoms with E-state index in [0.29, 0.717) is 19.7 Å². The Morgan fingerprint density at radius 2 is 1.93 bits per heavy atom. The van der Waals surface area contributed by atoms with Gasteiger partial charge in [-0.25, -0.2) is 9.38 Å². The van der Waals surface area contributed by atoms with Crippen molar-refractivity contribution in [3.63, 3.8) is 0 Å². The largest absolute Gasteiger partial charge is 0.383 e. The van der Waals surface area contributed by atoms with Crippen molar-refractivity contribution in [2.45, 2.75) is 24.8 Å². The predicted molar refractivity (Wildman–Crippen MR) is 122 cm³/mol. The Labute approximate surface area is 187 Å². The lowest BCUT2D eigenvalue weighted by Crippen LogP contribution is -2.39. The van der Waals surface area contributed by atoms with Crippen LogP contribution < -0.4 is 10.6 Å². The van der Waals surface area contributed by atoms with Crippen LogP contribution in [0.15, 0.2) is 34.2 Å². The summed E-state index contributed by atoms with van der Waals surface area (Å²) in [5.41, 5.74) is 0. The molecule has 0 saturated heterocycles. The molecule has 28 heavy (non-hydrogen) atoms. The average Bonchev–Trinajstić information content (AvgIpc) is 2.99. The Bertz CT molecular complexity index is 725. The van der Waals surface area contributed by atoms with Crippen molar-refractivity contribution < 1.29 is 9.13 Å². The van der Waals surface area contributed by atoms with Crippen molar-refractivity contribution in [2.75, 3.05) is 32.6 Å². The van der Waals surface area contributed by atoms with E-state index >= 15 is 0 Å². The monoisotopic (exact) mass is 522 g/mol. The Kier molecular flexibility index (Phi) is 12.1. The summed E-state index contributed by atoms with van der Waals surface area (Å²) in [6.07, 6.45) is 0.954. The van der Waals surface area contributed by atoms with Crippen molar-refractivity contribution in [3.05, 3.63) is 41.7 Å². The van der Waals surface area contributed by atoms with Crippen LogP contribution in [0.5, 0.6) is 0 Å². The summed E-state index contributed by atoms with van der Waals surface area (Å²) in [4.78, 5) is 5.64. The van der Waals surface area contributed by atoms with Gasteiger partial charge < -0.3 is 19.9 Å². The quantitative estimate of drug-likeness (QED) is 0.164. The van der Waals surface area contributed by atoms with Crippen molar-refractivity contribution >= 4 is 41.7 Å². The van der Waals surface area contributed by atoms with Crippen LogP contribution in [0.1, 0.15) is 18.1 Å². The molecule has 2 aromatic rings. The summed E-state index contributed by atoms with van der Waals surface area (Å²) in [5.74, 6) is 3.13. The molecule has 0 atom stereocenters. The number of benzene rings is 1. The average molecular weight is 522 g/mol. The molecule has 7 nitrogen and oxygen atoms in total. The third-order valence-corrected chi connectivity index (χ3v) is 4.95. The van der Waals surface area contributed by atoms with E-state index in [1.807, 2.05) is 18.5 Å². The molecule has 1 heterocycles. The maximum Gasteiger partial charge on any atom is 0.191 e. The number of halogens is 2. The molecule has 0 bridgehead atoms. The number of nitrogens with one attached hydrogen (secondary N) is 2. The number of thioether (sulfide) groups is 1. The molecule has 2 rings (SSSR count). The number of hydrogen-bond acceptors (Lipinski definition) is 5. The van der Waals surface area contributed by atoms with Crippen molar-refractivity contribution in [2.24, 2.45) is 12.0 Å². The lowest BCUT2D eigenvalue weighted by atomic mass is 10.4. The third-order valence-electron chi connectivity index (χ3n) is 3.86. The predicted octanol–water partition coefficient (Wildman–Crippen LogP) is 2.74. The summed E-state index contributed by atoms with van der Waals surface area (Å²) in [6.45, 7) is 4.42. The second-order valence-electron chi connectivity index (χ2n) is 5.89. The first-order chi connectivity index (χ1) is 13.1. The normalized spacial score (nSPS) is 11.2. The molecule has 0 saturated carbocycles. The zero-order chi connectivity index (χ0) is 19.5. The molecule has 0 radical (unpaired) electrons. The molecule has 10 heteroatoms. The first kappa shape index (κ1) is 24.6. The van der Waals surface area contributed by atoms with E-state index < -0.39 is 0 Å². The Hall–Kier alpha value is -1.40. The second kappa shape index (κ2) is 13.7. The van der Waals surface area contributed by atoms with Gasteiger partial charge in [0.05, 0.1) is 6.61 Å². The molecule has 0 aliphatic heterocycles. The maximum atomic E-state index is 12.9. The molecule has 0 aliphatic rings. The first-order valence-electron chi connectivity index (χ1n) is 8.84. The molecule has 1 aromatic carbocycles. The van der Waals surface area contributed by atoms with Crippen LogP contribution >= 0.6 is 35.7 Å². The van der Waals surface area contributed by atoms with E-state index in [2.05, 4.69) is 25.8 Å². The number of hydrogen-bond donors (Lipinski definition) is 2. The molecule has 0 unspecified atom stereocenters. The molecular formula is C18H28FIN6OS. The van der Waals surface area contributed by atoms with Crippen LogP contribution in [0, 0.1) is 12.7 Å². The third kappa shape index (κ3) is 8.74. The standard InChI is InChI=1S/C18H27FN6OS.HI/c1-14-23-24-17(25(14)2)13-22-18(21-10-11-26-3)20-9-4-12-27-16-7-5-15(19)6-8-16;/h5-8H,4,9-13H2,1-3H3,(H2,20,21,22);1H. The molecule has 1 aromatic heterocycles. The van der Waals surface area contributed by atoms with Crippen LogP contribution in [0.2, 0.25) is 0 Å². The highest BCUT2D eigenvalue weighted by Gasteiger charge is 2.05. The van der Waals surface area contributed by atoms with Crippen LogP contribution in [-0.4, -0.2) is 53.3 Å². The zero-order valence-corrected chi connectivity index (χ0v) is 19.6. The first-order valence-corrected chi connectivity index (χ1v) is 9.83. The number of aryl methyl sites for hydroxylation is 1. The number of guanidine groups is 1. The number of nitrogens with zero attached hydrogens (tertiary/aromatic N) is 4. The molecule has 0 spiro atoms. The van der Waals surface area contributed by atoms with Gasteiger partial charge >= 0.3 is 0 Å². The van der Waals surface area contributed by atoms with Gasteiger partial charge in [-0.2, -0.15) is 0 Å². The van der Waals surface area contributed by atoms with E-state index in [-0.39, 0.29) is 29.8 Å². The molecule has 0 fully saturated rings. The smallest absolute Gasteiger partial charge is 0.191 e. The minimum atomic E-state index is -0.206. The number of aromatic nitrogens is 3. The van der Waals surface area contributed by atoms with Gasteiger partial charge in [0.1, 0.15) is 18.2 Å². The van der Waals surface area contributed by atoms with Gasteiger partial charge in [0.2, 0.25) is 0 Å². The van der Waals surface area contributed by atoms with Crippen LogP contribution in [0.25, 0.3) is 0 Å². The maximum absolute atomic E-state index is 12.9. The summed E-state index contributed by atoms with van der Waals surface area (Å²) in [7, 11) is 3.60. The van der Waals surface area contributed by atoms with Crippen molar-refractivity contribution in [1.82, 2.24) is 25.4 Å². The van der Waals surface area contributed by atoms with Gasteiger partial charge in [-0.3, -0.25) is 0 Å². The van der Waals surface area contributed by atoms with E-state index in [9.17, 15) is 4.39 Å². The highest BCUT2D eigenvalue weighted by atomic mass is 127. The molecule has 156 valence electrons. The number of ether oxygens (including phenoxy) is 1. The minimum absolute atomic E-state index is 0. The van der Waals surface area contributed by atoms with Crippen LogP contribution in [-0.2, 0) is 18.3 Å². The van der Waals surface area contributed by atoms with Gasteiger partial charge in [-0.1, -0.05) is 0 Å². The molecule has 0 amide bonds. The number of rotatable bonds is 10. The fourth-order valence-electron chi connectivity index (χ4n) is 2.18. The highest BCUT2D eigenvalue weighted by Crippen LogP contribution is 2.18. The fraction of sp³-hybridized carbons (Fsp3) is 0.500. The Balaban J connectivity index is 0.00000392. The molecule has 2 N–H and O–H groups in total. The lowest BCUT2D eigenvalue weighted by Gasteiger charge is -2.12. The summed E-state index contributed by atoms with van der Waals surface area (Å²) in [5, 5.41) is 14.7. The molecular weight excluding hydrogens is 494 g/mol. The minimum Gasteiger partial charge on any atom is -0.383 e. The van der Waals surface area contributed by atoms with Gasteiger partial charge in [0, 0.05) is 32.1 Å². The fourth-order valence-corrected chi connectivity index (χ4v) is 3.04. The van der Waals surface area contributed by atoms with E-state index in [4.69, 9.17) is 4.74 Å². The zero-order valence-electron chi connectivity index (χ0n) is 16.4. The summed E-state index contributed by atoms with van der Waals surface area (Å²) in [6, 6.07) is 6.57. The van der Waals surface area contributed by atoms with Crippen LogP contribution in [0.4, 0.5) is 4.39 Å². The van der Waals surface area contributed by atoms with Crippen molar-refractivity contribution in [1.29, 1.82) is 0 Å². The molecule has 0 aliphatic carbocycles. The van der Waals surface area contributed by atoms with Gasteiger partial charge in [0.25, 0.3) is 0 Å². The topological polar surface area (TPSA) is 76.4 Å². The SMILES string of the molecule is COCCNC(=NCc1nnc(C)n1C)NCCCSc1ccc(F)cc1.I.